The van der Waals surface area contributed by atoms with Gasteiger partial charge in [-0.3, -0.25) is 9.78 Å². The van der Waals surface area contributed by atoms with Crippen molar-refractivity contribution < 1.29 is 0 Å². The van der Waals surface area contributed by atoms with Crippen LogP contribution in [0.1, 0.15) is 35.1 Å². The van der Waals surface area contributed by atoms with Crippen LogP contribution in [0.15, 0.2) is 52.2 Å². The Labute approximate surface area is 142 Å². The highest BCUT2D eigenvalue weighted by atomic mass is 16.2. The Balaban J connectivity index is 1.75. The van der Waals surface area contributed by atoms with Crippen molar-refractivity contribution in [3.63, 3.8) is 0 Å². The molecule has 1 fully saturated rings. The van der Waals surface area contributed by atoms with E-state index in [0.717, 1.165) is 12.0 Å². The molecule has 2 aromatic heterocycles. The molecule has 122 valence electrons. The van der Waals surface area contributed by atoms with Crippen LogP contribution in [0.2, 0.25) is 0 Å². The Morgan fingerprint density at radius 1 is 1.12 bits per heavy atom. The third-order valence-electron chi connectivity index (χ3n) is 4.44. The van der Waals surface area contributed by atoms with Crippen molar-refractivity contribution in [1.82, 2.24) is 20.2 Å². The van der Waals surface area contributed by atoms with E-state index in [1.807, 2.05) is 18.2 Å². The van der Waals surface area contributed by atoms with E-state index >= 15 is 0 Å². The van der Waals surface area contributed by atoms with E-state index < -0.39 is 11.2 Å². The predicted octanol–water partition coefficient (Wildman–Crippen LogP) is 1.66. The average molecular weight is 331 g/mol. The third-order valence-corrected chi connectivity index (χ3v) is 4.44. The van der Waals surface area contributed by atoms with Crippen LogP contribution in [-0.4, -0.2) is 20.2 Å². The normalized spacial score (nSPS) is 18.5. The standard InChI is InChI=1S/C18H13N5O2/c19-8-16-13(12-6-11(12)10-4-2-1-3-5-10)7-15(22-23-16)14-9-20-18(25)21-17(14)24/h1-5,7,9,11-12H,6H2,(H2,20,21,24,25)/t11-,12+/m1/s1. The first-order valence-corrected chi connectivity index (χ1v) is 7.82. The maximum Gasteiger partial charge on any atom is 0.325 e. The molecule has 7 nitrogen and oxygen atoms in total. The van der Waals surface area contributed by atoms with Gasteiger partial charge in [0.25, 0.3) is 5.56 Å². The van der Waals surface area contributed by atoms with Gasteiger partial charge < -0.3 is 4.98 Å². The minimum Gasteiger partial charge on any atom is -0.313 e. The van der Waals surface area contributed by atoms with Gasteiger partial charge in [0.05, 0.1) is 5.56 Å². The van der Waals surface area contributed by atoms with E-state index in [9.17, 15) is 14.9 Å². The van der Waals surface area contributed by atoms with Gasteiger partial charge in [0.2, 0.25) is 0 Å². The van der Waals surface area contributed by atoms with E-state index in [4.69, 9.17) is 0 Å². The first-order chi connectivity index (χ1) is 12.2. The molecule has 1 aliphatic carbocycles. The van der Waals surface area contributed by atoms with Gasteiger partial charge in [-0.15, -0.1) is 10.2 Å². The van der Waals surface area contributed by atoms with Crippen molar-refractivity contribution in [3.8, 4) is 17.3 Å². The molecule has 25 heavy (non-hydrogen) atoms. The first kappa shape index (κ1) is 15.0. The van der Waals surface area contributed by atoms with E-state index in [-0.39, 0.29) is 17.2 Å². The molecule has 0 bridgehead atoms. The zero-order valence-electron chi connectivity index (χ0n) is 13.1. The fraction of sp³-hybridized carbons (Fsp3) is 0.167. The topological polar surface area (TPSA) is 115 Å². The molecule has 7 heteroatoms. The van der Waals surface area contributed by atoms with Crippen molar-refractivity contribution in [2.75, 3.05) is 0 Å². The number of H-pyrrole nitrogens is 2. The first-order valence-electron chi connectivity index (χ1n) is 7.82. The molecular weight excluding hydrogens is 318 g/mol. The molecule has 1 aliphatic rings. The summed E-state index contributed by atoms with van der Waals surface area (Å²) in [5.74, 6) is 0.507. The molecule has 0 saturated heterocycles. The fourth-order valence-corrected chi connectivity index (χ4v) is 3.11. The fourth-order valence-electron chi connectivity index (χ4n) is 3.11. The van der Waals surface area contributed by atoms with Crippen molar-refractivity contribution in [1.29, 1.82) is 5.26 Å². The summed E-state index contributed by atoms with van der Waals surface area (Å²) in [5.41, 5.74) is 1.71. The van der Waals surface area contributed by atoms with Gasteiger partial charge in [0.1, 0.15) is 11.8 Å². The molecule has 2 atom stereocenters. The molecule has 2 heterocycles. The molecule has 2 N–H and O–H groups in total. The molecular formula is C18H13N5O2. The highest BCUT2D eigenvalue weighted by molar-refractivity contribution is 5.59. The second kappa shape index (κ2) is 5.83. The lowest BCUT2D eigenvalue weighted by atomic mass is 10.0. The van der Waals surface area contributed by atoms with Crippen molar-refractivity contribution in [2.45, 2.75) is 18.3 Å². The summed E-state index contributed by atoms with van der Waals surface area (Å²) in [7, 11) is 0. The van der Waals surface area contributed by atoms with Crippen molar-refractivity contribution >= 4 is 0 Å². The number of aromatic amines is 2. The summed E-state index contributed by atoms with van der Waals surface area (Å²) in [5, 5.41) is 17.3. The molecule has 0 radical (unpaired) electrons. The monoisotopic (exact) mass is 331 g/mol. The summed E-state index contributed by atoms with van der Waals surface area (Å²) in [6.07, 6.45) is 2.23. The molecule has 4 rings (SSSR count). The SMILES string of the molecule is N#Cc1nnc(-c2c[nH]c(=O)[nH]c2=O)cc1[C@H]1C[C@@H]1c1ccccc1. The van der Waals surface area contributed by atoms with Crippen LogP contribution in [0.5, 0.6) is 0 Å². The smallest absolute Gasteiger partial charge is 0.313 e. The van der Waals surface area contributed by atoms with Crippen LogP contribution in [-0.2, 0) is 0 Å². The van der Waals surface area contributed by atoms with Crippen LogP contribution < -0.4 is 11.2 Å². The zero-order valence-corrected chi connectivity index (χ0v) is 13.1. The van der Waals surface area contributed by atoms with E-state index in [0.29, 0.717) is 11.6 Å². The van der Waals surface area contributed by atoms with Gasteiger partial charge in [-0.25, -0.2) is 4.79 Å². The highest BCUT2D eigenvalue weighted by Crippen LogP contribution is 2.55. The van der Waals surface area contributed by atoms with Crippen LogP contribution in [0, 0.1) is 11.3 Å². The number of nitriles is 1. The zero-order chi connectivity index (χ0) is 17.4. The number of hydrogen-bond donors (Lipinski definition) is 2. The molecule has 1 aromatic carbocycles. The number of hydrogen-bond acceptors (Lipinski definition) is 5. The van der Waals surface area contributed by atoms with Crippen LogP contribution >= 0.6 is 0 Å². The van der Waals surface area contributed by atoms with Gasteiger partial charge in [-0.05, 0) is 35.4 Å². The number of nitrogens with zero attached hydrogens (tertiary/aromatic N) is 3. The van der Waals surface area contributed by atoms with Gasteiger partial charge in [-0.2, -0.15) is 5.26 Å². The number of rotatable bonds is 3. The molecule has 0 aliphatic heterocycles. The Morgan fingerprint density at radius 3 is 2.64 bits per heavy atom. The Hall–Kier alpha value is -3.53. The van der Waals surface area contributed by atoms with Crippen LogP contribution in [0.3, 0.4) is 0 Å². The van der Waals surface area contributed by atoms with E-state index in [1.165, 1.54) is 11.8 Å². The van der Waals surface area contributed by atoms with Crippen molar-refractivity contribution in [2.24, 2.45) is 0 Å². The molecule has 0 amide bonds. The summed E-state index contributed by atoms with van der Waals surface area (Å²) >= 11 is 0. The highest BCUT2D eigenvalue weighted by Gasteiger charge is 2.41. The lowest BCUT2D eigenvalue weighted by Gasteiger charge is -2.05. The third kappa shape index (κ3) is 2.74. The molecule has 0 spiro atoms. The number of nitrogens with one attached hydrogen (secondary N) is 2. The maximum atomic E-state index is 12.0. The quantitative estimate of drug-likeness (QED) is 0.757. The van der Waals surface area contributed by atoms with Gasteiger partial charge in [0, 0.05) is 6.20 Å². The second-order valence-corrected chi connectivity index (χ2v) is 5.99. The minimum absolute atomic E-state index is 0.174. The Kier molecular flexibility index (Phi) is 3.51. The molecule has 3 aromatic rings. The summed E-state index contributed by atoms with van der Waals surface area (Å²) in [6.45, 7) is 0. The molecule has 1 saturated carbocycles. The van der Waals surface area contributed by atoms with Crippen LogP contribution in [0.25, 0.3) is 11.3 Å². The average Bonchev–Trinajstić information content (AvgIpc) is 3.43. The van der Waals surface area contributed by atoms with E-state index in [1.54, 1.807) is 6.07 Å². The summed E-state index contributed by atoms with van der Waals surface area (Å²) < 4.78 is 0. The number of benzene rings is 1. The second-order valence-electron chi connectivity index (χ2n) is 5.99. The molecule has 0 unspecified atom stereocenters. The predicted molar refractivity (Wildman–Crippen MR) is 90.0 cm³/mol. The maximum absolute atomic E-state index is 12.0. The van der Waals surface area contributed by atoms with Gasteiger partial charge >= 0.3 is 5.69 Å². The van der Waals surface area contributed by atoms with Crippen LogP contribution in [0.4, 0.5) is 0 Å². The Morgan fingerprint density at radius 2 is 1.92 bits per heavy atom. The summed E-state index contributed by atoms with van der Waals surface area (Å²) in [4.78, 5) is 27.7. The number of aromatic nitrogens is 4. The van der Waals surface area contributed by atoms with Gasteiger partial charge in [-0.1, -0.05) is 30.3 Å². The lowest BCUT2D eigenvalue weighted by molar-refractivity contribution is 0.934. The lowest BCUT2D eigenvalue weighted by Crippen LogP contribution is -2.23. The van der Waals surface area contributed by atoms with Crippen molar-refractivity contribution in [3.05, 3.63) is 80.3 Å². The van der Waals surface area contributed by atoms with E-state index in [2.05, 4.69) is 38.4 Å². The minimum atomic E-state index is -0.582. The largest absolute Gasteiger partial charge is 0.325 e. The van der Waals surface area contributed by atoms with Gasteiger partial charge in [0.15, 0.2) is 5.69 Å². The Bertz CT molecular complexity index is 1090. The summed E-state index contributed by atoms with van der Waals surface area (Å²) in [6, 6.07) is 13.9.